The van der Waals surface area contributed by atoms with Gasteiger partial charge < -0.3 is 15.2 Å². The Bertz CT molecular complexity index is 615. The van der Waals surface area contributed by atoms with Crippen molar-refractivity contribution in [3.05, 3.63) is 45.7 Å². The highest BCUT2D eigenvalue weighted by Crippen LogP contribution is 2.11. The van der Waals surface area contributed by atoms with Gasteiger partial charge in [0, 0.05) is 10.9 Å². The Morgan fingerprint density at radius 2 is 2.00 bits per heavy atom. The van der Waals surface area contributed by atoms with Crippen LogP contribution in [0.2, 0.25) is 0 Å². The number of carboxylic acids is 1. The molecule has 0 saturated carbocycles. The fourth-order valence-electron chi connectivity index (χ4n) is 1.63. The number of nitrogens with one attached hydrogen (secondary N) is 1. The van der Waals surface area contributed by atoms with Gasteiger partial charge in [0.25, 0.3) is 0 Å². The van der Waals surface area contributed by atoms with Gasteiger partial charge in [0.05, 0.1) is 12.3 Å². The zero-order valence-electron chi connectivity index (χ0n) is 8.23. The number of fused-ring (bicyclic) bond motifs is 1. The standard InChI is InChI=1S/C11H9NO4/c13-5-8-9(11(15)16)10(14)6-3-1-2-4-7(6)12-8/h1-4,13H,5H2,(H,12,14)(H,15,16). The molecule has 1 aromatic heterocycles. The average molecular weight is 219 g/mol. The van der Waals surface area contributed by atoms with E-state index in [9.17, 15) is 9.59 Å². The lowest BCUT2D eigenvalue weighted by Gasteiger charge is -2.05. The Hall–Kier alpha value is -2.14. The van der Waals surface area contributed by atoms with Crippen molar-refractivity contribution in [3.8, 4) is 0 Å². The van der Waals surface area contributed by atoms with E-state index in [2.05, 4.69) is 4.98 Å². The molecule has 1 aromatic carbocycles. The lowest BCUT2D eigenvalue weighted by atomic mass is 10.1. The number of hydrogen-bond donors (Lipinski definition) is 3. The summed E-state index contributed by atoms with van der Waals surface area (Å²) in [5.41, 5.74) is -0.440. The molecule has 3 N–H and O–H groups in total. The maximum atomic E-state index is 11.8. The minimum absolute atomic E-state index is 0.0243. The maximum absolute atomic E-state index is 11.8. The number of rotatable bonds is 2. The average Bonchev–Trinajstić information content (AvgIpc) is 2.28. The fourth-order valence-corrected chi connectivity index (χ4v) is 1.63. The molecular formula is C11H9NO4. The fraction of sp³-hybridized carbons (Fsp3) is 0.0909. The van der Waals surface area contributed by atoms with Gasteiger partial charge in [0.15, 0.2) is 0 Å². The first kappa shape index (κ1) is 10.4. The molecule has 0 atom stereocenters. The number of aromatic carboxylic acids is 1. The molecule has 0 saturated heterocycles. The van der Waals surface area contributed by atoms with Crippen molar-refractivity contribution < 1.29 is 15.0 Å². The molecule has 0 radical (unpaired) electrons. The summed E-state index contributed by atoms with van der Waals surface area (Å²) in [5, 5.41) is 18.2. The highest BCUT2D eigenvalue weighted by molar-refractivity contribution is 5.93. The molecule has 1 heterocycles. The molecule has 0 bridgehead atoms. The van der Waals surface area contributed by atoms with E-state index >= 15 is 0 Å². The largest absolute Gasteiger partial charge is 0.477 e. The number of hydrogen-bond acceptors (Lipinski definition) is 3. The summed E-state index contributed by atoms with van der Waals surface area (Å²) in [6.07, 6.45) is 0. The molecule has 2 aromatic rings. The predicted molar refractivity (Wildman–Crippen MR) is 57.5 cm³/mol. The number of aliphatic hydroxyl groups is 1. The first-order chi connectivity index (χ1) is 7.65. The van der Waals surface area contributed by atoms with E-state index in [1.807, 2.05) is 0 Å². The van der Waals surface area contributed by atoms with Gasteiger partial charge in [-0.2, -0.15) is 0 Å². The Morgan fingerprint density at radius 3 is 2.62 bits per heavy atom. The van der Waals surface area contributed by atoms with Crippen LogP contribution in [0.15, 0.2) is 29.1 Å². The van der Waals surface area contributed by atoms with Gasteiger partial charge >= 0.3 is 5.97 Å². The molecule has 0 unspecified atom stereocenters. The number of aromatic amines is 1. The molecule has 5 nitrogen and oxygen atoms in total. The minimum atomic E-state index is -1.34. The van der Waals surface area contributed by atoms with Gasteiger partial charge in [-0.15, -0.1) is 0 Å². The van der Waals surface area contributed by atoms with Crippen LogP contribution in [0.4, 0.5) is 0 Å². The van der Waals surface area contributed by atoms with Crippen LogP contribution in [-0.2, 0) is 6.61 Å². The van der Waals surface area contributed by atoms with Crippen LogP contribution in [-0.4, -0.2) is 21.2 Å². The molecular weight excluding hydrogens is 210 g/mol. The summed E-state index contributed by atoms with van der Waals surface area (Å²) in [5.74, 6) is -1.34. The third kappa shape index (κ3) is 1.47. The van der Waals surface area contributed by atoms with Gasteiger partial charge in [0.1, 0.15) is 5.56 Å². The molecule has 82 valence electrons. The maximum Gasteiger partial charge on any atom is 0.341 e. The number of aliphatic hydroxyl groups excluding tert-OH is 1. The van der Waals surface area contributed by atoms with E-state index in [1.54, 1.807) is 24.3 Å². The summed E-state index contributed by atoms with van der Waals surface area (Å²) >= 11 is 0. The van der Waals surface area contributed by atoms with E-state index in [0.717, 1.165) is 0 Å². The normalized spacial score (nSPS) is 10.6. The van der Waals surface area contributed by atoms with Crippen LogP contribution >= 0.6 is 0 Å². The van der Waals surface area contributed by atoms with Crippen molar-refractivity contribution in [2.75, 3.05) is 0 Å². The number of aromatic nitrogens is 1. The molecule has 0 aliphatic heterocycles. The first-order valence-electron chi connectivity index (χ1n) is 4.63. The molecule has 2 rings (SSSR count). The Balaban J connectivity index is 2.94. The minimum Gasteiger partial charge on any atom is -0.477 e. The van der Waals surface area contributed by atoms with Crippen molar-refractivity contribution in [3.63, 3.8) is 0 Å². The summed E-state index contributed by atoms with van der Waals surface area (Å²) in [6, 6.07) is 6.57. The van der Waals surface area contributed by atoms with Crippen LogP contribution in [0.1, 0.15) is 16.1 Å². The van der Waals surface area contributed by atoms with E-state index in [-0.39, 0.29) is 5.69 Å². The molecule has 0 aliphatic carbocycles. The van der Waals surface area contributed by atoms with Gasteiger partial charge in [0.2, 0.25) is 5.43 Å². The SMILES string of the molecule is O=C(O)c1c(CO)[nH]c2ccccc2c1=O. The van der Waals surface area contributed by atoms with Crippen LogP contribution in [0.5, 0.6) is 0 Å². The molecule has 0 fully saturated rings. The molecule has 5 heteroatoms. The summed E-state index contributed by atoms with van der Waals surface area (Å²) in [7, 11) is 0. The second-order valence-electron chi connectivity index (χ2n) is 3.32. The van der Waals surface area contributed by atoms with E-state index in [0.29, 0.717) is 10.9 Å². The van der Waals surface area contributed by atoms with Crippen LogP contribution in [0.3, 0.4) is 0 Å². The topological polar surface area (TPSA) is 90.4 Å². The van der Waals surface area contributed by atoms with Crippen LogP contribution < -0.4 is 5.43 Å². The zero-order chi connectivity index (χ0) is 11.7. The van der Waals surface area contributed by atoms with Crippen molar-refractivity contribution in [2.24, 2.45) is 0 Å². The first-order valence-corrected chi connectivity index (χ1v) is 4.63. The molecule has 0 aliphatic rings. The summed E-state index contributed by atoms with van der Waals surface area (Å²) < 4.78 is 0. The number of pyridine rings is 1. The monoisotopic (exact) mass is 219 g/mol. The van der Waals surface area contributed by atoms with Crippen LogP contribution in [0, 0.1) is 0 Å². The number of para-hydroxylation sites is 1. The summed E-state index contributed by atoms with van der Waals surface area (Å²) in [6.45, 7) is -0.512. The van der Waals surface area contributed by atoms with Gasteiger partial charge in [-0.3, -0.25) is 4.79 Å². The van der Waals surface area contributed by atoms with Crippen LogP contribution in [0.25, 0.3) is 10.9 Å². The number of carboxylic acid groups (broad SMARTS) is 1. The lowest BCUT2D eigenvalue weighted by Crippen LogP contribution is -2.19. The Morgan fingerprint density at radius 1 is 1.31 bits per heavy atom. The van der Waals surface area contributed by atoms with E-state index < -0.39 is 23.6 Å². The second kappa shape index (κ2) is 3.79. The lowest BCUT2D eigenvalue weighted by molar-refractivity contribution is 0.0691. The van der Waals surface area contributed by atoms with Gasteiger partial charge in [-0.05, 0) is 12.1 Å². The van der Waals surface area contributed by atoms with Gasteiger partial charge in [-0.1, -0.05) is 12.1 Å². The van der Waals surface area contributed by atoms with Crippen molar-refractivity contribution in [1.29, 1.82) is 0 Å². The highest BCUT2D eigenvalue weighted by atomic mass is 16.4. The predicted octanol–water partition coefficient (Wildman–Crippen LogP) is 0.719. The van der Waals surface area contributed by atoms with E-state index in [1.165, 1.54) is 0 Å². The molecule has 16 heavy (non-hydrogen) atoms. The molecule has 0 spiro atoms. The van der Waals surface area contributed by atoms with E-state index in [4.69, 9.17) is 10.2 Å². The van der Waals surface area contributed by atoms with Crippen molar-refractivity contribution in [2.45, 2.75) is 6.61 Å². The smallest absolute Gasteiger partial charge is 0.341 e. The number of benzene rings is 1. The van der Waals surface area contributed by atoms with Crippen molar-refractivity contribution in [1.82, 2.24) is 4.98 Å². The molecule has 0 amide bonds. The van der Waals surface area contributed by atoms with Crippen molar-refractivity contribution >= 4 is 16.9 Å². The Labute approximate surface area is 90.0 Å². The second-order valence-corrected chi connectivity index (χ2v) is 3.32. The number of carbonyl (C=O) groups is 1. The Kier molecular flexibility index (Phi) is 2.46. The third-order valence-electron chi connectivity index (χ3n) is 2.36. The van der Waals surface area contributed by atoms with Gasteiger partial charge in [-0.25, -0.2) is 4.79 Å². The zero-order valence-corrected chi connectivity index (χ0v) is 8.23. The quantitative estimate of drug-likeness (QED) is 0.694. The highest BCUT2D eigenvalue weighted by Gasteiger charge is 2.16. The number of H-pyrrole nitrogens is 1. The summed E-state index contributed by atoms with van der Waals surface area (Å²) in [4.78, 5) is 25.5. The third-order valence-corrected chi connectivity index (χ3v) is 2.36.